The van der Waals surface area contributed by atoms with Crippen molar-refractivity contribution in [1.29, 1.82) is 0 Å². The molecule has 0 spiro atoms. The minimum Gasteiger partial charge on any atom is -0.370 e. The van der Waals surface area contributed by atoms with Crippen LogP contribution in [0, 0.1) is 20.8 Å². The van der Waals surface area contributed by atoms with Crippen molar-refractivity contribution in [1.82, 2.24) is 9.55 Å². The molecule has 0 radical (unpaired) electrons. The highest BCUT2D eigenvalue weighted by Crippen LogP contribution is 2.35. The van der Waals surface area contributed by atoms with Gasteiger partial charge in [-0.2, -0.15) is 0 Å². The molecule has 4 aromatic rings. The molecule has 0 aliphatic heterocycles. The Bertz CT molecular complexity index is 1180. The standard InChI is InChI=1S/C28H34N4.ClH/c1-6-16-31(17-7-2)25-15-11-14-24-27(25)32(23-12-9-8-10-13-23)28(29-24)30-26-21(4)18-20(3)19-22(26)5;/h8-15,18-19H,6-7,16-17H2,1-5H3,(H,29,30);1H. The molecule has 0 unspecified atom stereocenters. The first-order valence-electron chi connectivity index (χ1n) is 11.7. The zero-order valence-corrected chi connectivity index (χ0v) is 21.2. The molecule has 0 saturated heterocycles. The maximum atomic E-state index is 5.08. The lowest BCUT2D eigenvalue weighted by atomic mass is 10.1. The highest BCUT2D eigenvalue weighted by Gasteiger charge is 2.19. The zero-order valence-electron chi connectivity index (χ0n) is 20.4. The second-order valence-corrected chi connectivity index (χ2v) is 8.64. The van der Waals surface area contributed by atoms with Crippen molar-refractivity contribution in [3.05, 3.63) is 77.4 Å². The monoisotopic (exact) mass is 462 g/mol. The number of hydrogen-bond donors (Lipinski definition) is 1. The van der Waals surface area contributed by atoms with Gasteiger partial charge < -0.3 is 10.2 Å². The molecule has 0 amide bonds. The molecule has 4 nitrogen and oxygen atoms in total. The van der Waals surface area contributed by atoms with Crippen LogP contribution in [-0.4, -0.2) is 22.6 Å². The molecule has 174 valence electrons. The van der Waals surface area contributed by atoms with Gasteiger partial charge in [0.25, 0.3) is 0 Å². The summed E-state index contributed by atoms with van der Waals surface area (Å²) in [6.07, 6.45) is 2.23. The summed E-state index contributed by atoms with van der Waals surface area (Å²) >= 11 is 0. The number of imidazole rings is 1. The number of fused-ring (bicyclic) bond motifs is 1. The fourth-order valence-corrected chi connectivity index (χ4v) is 4.66. The number of rotatable bonds is 8. The van der Waals surface area contributed by atoms with Crippen LogP contribution in [0.5, 0.6) is 0 Å². The molecule has 0 bridgehead atoms. The van der Waals surface area contributed by atoms with Gasteiger partial charge in [-0.1, -0.05) is 55.8 Å². The van der Waals surface area contributed by atoms with Crippen LogP contribution in [0.15, 0.2) is 60.7 Å². The molecule has 0 atom stereocenters. The van der Waals surface area contributed by atoms with Crippen molar-refractivity contribution >= 4 is 40.8 Å². The van der Waals surface area contributed by atoms with E-state index in [2.05, 4.69) is 110 Å². The molecule has 0 fully saturated rings. The Morgan fingerprint density at radius 1 is 0.848 bits per heavy atom. The minimum absolute atomic E-state index is 0. The van der Waals surface area contributed by atoms with Gasteiger partial charge in [-0.3, -0.25) is 4.57 Å². The van der Waals surface area contributed by atoms with E-state index < -0.39 is 0 Å². The van der Waals surface area contributed by atoms with E-state index in [4.69, 9.17) is 4.98 Å². The van der Waals surface area contributed by atoms with Crippen LogP contribution in [-0.2, 0) is 0 Å². The van der Waals surface area contributed by atoms with Crippen LogP contribution in [0.2, 0.25) is 0 Å². The molecule has 3 aromatic carbocycles. The maximum Gasteiger partial charge on any atom is 0.213 e. The van der Waals surface area contributed by atoms with Gasteiger partial charge >= 0.3 is 0 Å². The number of hydrogen-bond acceptors (Lipinski definition) is 3. The van der Waals surface area contributed by atoms with E-state index in [0.29, 0.717) is 0 Å². The number of aromatic nitrogens is 2. The van der Waals surface area contributed by atoms with Gasteiger partial charge in [0, 0.05) is 24.5 Å². The van der Waals surface area contributed by atoms with E-state index in [-0.39, 0.29) is 12.4 Å². The highest BCUT2D eigenvalue weighted by atomic mass is 35.5. The molecule has 1 heterocycles. The van der Waals surface area contributed by atoms with Gasteiger partial charge in [-0.25, -0.2) is 4.98 Å². The Morgan fingerprint density at radius 3 is 2.09 bits per heavy atom. The van der Waals surface area contributed by atoms with Gasteiger partial charge in [-0.05, 0) is 69.0 Å². The van der Waals surface area contributed by atoms with Crippen LogP contribution in [0.4, 0.5) is 17.3 Å². The van der Waals surface area contributed by atoms with Gasteiger partial charge in [0.2, 0.25) is 5.95 Å². The largest absolute Gasteiger partial charge is 0.370 e. The second kappa shape index (κ2) is 10.8. The Labute approximate surface area is 204 Å². The SMILES string of the molecule is CCCN(CCC)c1cccc2nc(Nc3c(C)cc(C)cc3C)n(-c3ccccc3)c12.Cl. The van der Waals surface area contributed by atoms with Crippen LogP contribution < -0.4 is 10.2 Å². The number of aryl methyl sites for hydroxylation is 3. The third-order valence-electron chi connectivity index (χ3n) is 5.91. The van der Waals surface area contributed by atoms with E-state index in [1.165, 1.54) is 22.4 Å². The van der Waals surface area contributed by atoms with Crippen molar-refractivity contribution in [3.8, 4) is 5.69 Å². The van der Waals surface area contributed by atoms with E-state index in [9.17, 15) is 0 Å². The summed E-state index contributed by atoms with van der Waals surface area (Å²) in [6, 6.07) is 21.5. The molecule has 33 heavy (non-hydrogen) atoms. The third-order valence-corrected chi connectivity index (χ3v) is 5.91. The molecule has 5 heteroatoms. The summed E-state index contributed by atoms with van der Waals surface area (Å²) in [7, 11) is 0. The van der Waals surface area contributed by atoms with Gasteiger partial charge in [0.05, 0.1) is 16.7 Å². The topological polar surface area (TPSA) is 33.1 Å². The highest BCUT2D eigenvalue weighted by molar-refractivity contribution is 5.93. The van der Waals surface area contributed by atoms with E-state index in [0.717, 1.165) is 54.3 Å². The summed E-state index contributed by atoms with van der Waals surface area (Å²) in [6.45, 7) is 13.0. The van der Waals surface area contributed by atoms with E-state index in [1.807, 2.05) is 0 Å². The molecule has 0 aliphatic rings. The molecule has 0 aliphatic carbocycles. The Morgan fingerprint density at radius 2 is 1.48 bits per heavy atom. The Balaban J connectivity index is 0.00000306. The van der Waals surface area contributed by atoms with Crippen LogP contribution >= 0.6 is 12.4 Å². The summed E-state index contributed by atoms with van der Waals surface area (Å²) in [4.78, 5) is 7.57. The number of anilines is 3. The number of halogens is 1. The number of benzene rings is 3. The summed E-state index contributed by atoms with van der Waals surface area (Å²) in [5.74, 6) is 0.849. The molecule has 0 saturated carbocycles. The fourth-order valence-electron chi connectivity index (χ4n) is 4.66. The first-order valence-corrected chi connectivity index (χ1v) is 11.7. The lowest BCUT2D eigenvalue weighted by molar-refractivity contribution is 0.746. The molecular weight excluding hydrogens is 428 g/mol. The third kappa shape index (κ3) is 5.01. The fraction of sp³-hybridized carbons (Fsp3) is 0.321. The van der Waals surface area contributed by atoms with Crippen molar-refractivity contribution in [2.75, 3.05) is 23.3 Å². The van der Waals surface area contributed by atoms with Crippen molar-refractivity contribution in [2.24, 2.45) is 0 Å². The lowest BCUT2D eigenvalue weighted by Crippen LogP contribution is -2.25. The molecular formula is C28H35ClN4. The molecule has 1 N–H and O–H groups in total. The summed E-state index contributed by atoms with van der Waals surface area (Å²) in [5.41, 5.74) is 9.39. The minimum atomic E-state index is 0. The van der Waals surface area contributed by atoms with Gasteiger partial charge in [0.1, 0.15) is 0 Å². The smallest absolute Gasteiger partial charge is 0.213 e. The first-order chi connectivity index (χ1) is 15.5. The van der Waals surface area contributed by atoms with Crippen LogP contribution in [0.25, 0.3) is 16.7 Å². The normalized spacial score (nSPS) is 10.8. The zero-order chi connectivity index (χ0) is 22.7. The Hall–Kier alpha value is -2.98. The average molecular weight is 463 g/mol. The average Bonchev–Trinajstić information content (AvgIpc) is 3.15. The first kappa shape index (κ1) is 24.7. The summed E-state index contributed by atoms with van der Waals surface area (Å²) in [5, 5.41) is 3.69. The quantitative estimate of drug-likeness (QED) is 0.290. The maximum absolute atomic E-state index is 5.08. The molecule has 1 aromatic heterocycles. The molecule has 4 rings (SSSR count). The number of para-hydroxylation sites is 2. The van der Waals surface area contributed by atoms with Crippen LogP contribution in [0.3, 0.4) is 0 Å². The van der Waals surface area contributed by atoms with E-state index in [1.54, 1.807) is 0 Å². The number of nitrogens with one attached hydrogen (secondary N) is 1. The van der Waals surface area contributed by atoms with Crippen LogP contribution in [0.1, 0.15) is 43.4 Å². The lowest BCUT2D eigenvalue weighted by Gasteiger charge is -2.25. The van der Waals surface area contributed by atoms with Gasteiger partial charge in [0.15, 0.2) is 0 Å². The van der Waals surface area contributed by atoms with Crippen molar-refractivity contribution in [2.45, 2.75) is 47.5 Å². The predicted octanol–water partition coefficient (Wildman–Crippen LogP) is 7.74. The summed E-state index contributed by atoms with van der Waals surface area (Å²) < 4.78 is 2.28. The van der Waals surface area contributed by atoms with Crippen molar-refractivity contribution in [3.63, 3.8) is 0 Å². The Kier molecular flexibility index (Phi) is 8.04. The number of nitrogens with zero attached hydrogens (tertiary/aromatic N) is 3. The van der Waals surface area contributed by atoms with Gasteiger partial charge in [-0.15, -0.1) is 12.4 Å². The second-order valence-electron chi connectivity index (χ2n) is 8.64. The van der Waals surface area contributed by atoms with Crippen molar-refractivity contribution < 1.29 is 0 Å². The van der Waals surface area contributed by atoms with E-state index >= 15 is 0 Å². The predicted molar refractivity (Wildman–Crippen MR) is 145 cm³/mol.